The molecule has 1 N–H and O–H groups in total. The number of piperidine rings is 1. The lowest BCUT2D eigenvalue weighted by Gasteiger charge is -2.37. The maximum absolute atomic E-state index is 11.9. The molecule has 0 aromatic rings. The first-order valence-corrected chi connectivity index (χ1v) is 5.93. The zero-order valence-corrected chi connectivity index (χ0v) is 10.9. The second kappa shape index (κ2) is 4.94. The molecule has 1 amide bonds. The molecule has 17 heavy (non-hydrogen) atoms. The highest BCUT2D eigenvalue weighted by atomic mass is 16.6. The molecule has 0 spiro atoms. The molecule has 1 aliphatic heterocycles. The number of likely N-dealkylation sites (tertiary alicyclic amines) is 1. The topological polar surface area (TPSA) is 66.8 Å². The summed E-state index contributed by atoms with van der Waals surface area (Å²) >= 11 is 0. The van der Waals surface area contributed by atoms with E-state index in [1.165, 1.54) is 4.90 Å². The van der Waals surface area contributed by atoms with Gasteiger partial charge < -0.3 is 9.84 Å². The Hall–Kier alpha value is -1.26. The summed E-state index contributed by atoms with van der Waals surface area (Å²) < 4.78 is 5.23. The third kappa shape index (κ3) is 3.91. The summed E-state index contributed by atoms with van der Waals surface area (Å²) in [7, 11) is 0. The van der Waals surface area contributed by atoms with E-state index in [1.54, 1.807) is 20.8 Å². The smallest absolute Gasteiger partial charge is 0.411 e. The van der Waals surface area contributed by atoms with E-state index in [0.29, 0.717) is 18.9 Å². The summed E-state index contributed by atoms with van der Waals surface area (Å²) in [5.74, 6) is -0.638. The third-order valence-electron chi connectivity index (χ3n) is 2.73. The minimum Gasteiger partial charge on any atom is -0.480 e. The molecule has 98 valence electrons. The van der Waals surface area contributed by atoms with Gasteiger partial charge in [-0.2, -0.15) is 0 Å². The van der Waals surface area contributed by atoms with E-state index in [1.807, 2.05) is 6.92 Å². The Morgan fingerprint density at radius 3 is 2.35 bits per heavy atom. The van der Waals surface area contributed by atoms with Gasteiger partial charge in [-0.25, -0.2) is 9.59 Å². The monoisotopic (exact) mass is 243 g/mol. The summed E-state index contributed by atoms with van der Waals surface area (Å²) in [5.41, 5.74) is -0.596. The van der Waals surface area contributed by atoms with Crippen LogP contribution in [0.15, 0.2) is 0 Å². The van der Waals surface area contributed by atoms with Crippen LogP contribution in [0.2, 0.25) is 0 Å². The largest absolute Gasteiger partial charge is 0.480 e. The van der Waals surface area contributed by atoms with E-state index in [0.717, 1.165) is 6.42 Å². The number of ether oxygens (including phenoxy) is 1. The number of carbonyl (C=O) groups excluding carboxylic acids is 1. The van der Waals surface area contributed by atoms with Crippen molar-refractivity contribution in [2.24, 2.45) is 5.92 Å². The van der Waals surface area contributed by atoms with Crippen molar-refractivity contribution >= 4 is 12.1 Å². The molecule has 2 unspecified atom stereocenters. The van der Waals surface area contributed by atoms with Crippen molar-refractivity contribution < 1.29 is 19.4 Å². The highest BCUT2D eigenvalue weighted by Gasteiger charge is 2.36. The quantitative estimate of drug-likeness (QED) is 0.766. The molecule has 0 aromatic heterocycles. The van der Waals surface area contributed by atoms with Crippen molar-refractivity contribution in [3.8, 4) is 0 Å². The lowest BCUT2D eigenvalue weighted by atomic mass is 9.94. The first-order chi connectivity index (χ1) is 7.70. The van der Waals surface area contributed by atoms with E-state index >= 15 is 0 Å². The number of hydrogen-bond acceptors (Lipinski definition) is 3. The van der Waals surface area contributed by atoms with Crippen molar-refractivity contribution in [1.82, 2.24) is 4.90 Å². The fraction of sp³-hybridized carbons (Fsp3) is 0.833. The van der Waals surface area contributed by atoms with Crippen LogP contribution in [0.25, 0.3) is 0 Å². The van der Waals surface area contributed by atoms with Crippen LogP contribution in [0.5, 0.6) is 0 Å². The van der Waals surface area contributed by atoms with Gasteiger partial charge in [-0.15, -0.1) is 0 Å². The van der Waals surface area contributed by atoms with Gasteiger partial charge in [0.25, 0.3) is 0 Å². The lowest BCUT2D eigenvalue weighted by molar-refractivity contribution is -0.144. The average molecular weight is 243 g/mol. The third-order valence-corrected chi connectivity index (χ3v) is 2.73. The zero-order valence-electron chi connectivity index (χ0n) is 10.9. The van der Waals surface area contributed by atoms with Gasteiger partial charge in [0.15, 0.2) is 0 Å². The summed E-state index contributed by atoms with van der Waals surface area (Å²) in [4.78, 5) is 24.3. The van der Waals surface area contributed by atoms with Crippen LogP contribution in [-0.2, 0) is 9.53 Å². The zero-order chi connectivity index (χ0) is 13.2. The molecule has 0 bridgehead atoms. The predicted molar refractivity (Wildman–Crippen MR) is 62.8 cm³/mol. The van der Waals surface area contributed by atoms with E-state index in [9.17, 15) is 9.59 Å². The first-order valence-electron chi connectivity index (χ1n) is 5.93. The molecule has 5 heteroatoms. The number of carbonyl (C=O) groups is 2. The molecule has 0 saturated carbocycles. The van der Waals surface area contributed by atoms with Gasteiger partial charge >= 0.3 is 12.1 Å². The Kier molecular flexibility index (Phi) is 4.01. The Balaban J connectivity index is 2.75. The molecule has 1 fully saturated rings. The highest BCUT2D eigenvalue weighted by Crippen LogP contribution is 2.24. The number of rotatable bonds is 1. The normalized spacial score (nSPS) is 25.5. The van der Waals surface area contributed by atoms with Crippen LogP contribution < -0.4 is 0 Å². The predicted octanol–water partition coefficient (Wildman–Crippen LogP) is 2.11. The minimum atomic E-state index is -0.956. The van der Waals surface area contributed by atoms with Gasteiger partial charge in [0, 0.05) is 6.54 Å². The molecule has 0 radical (unpaired) electrons. The molecule has 5 nitrogen and oxygen atoms in total. The van der Waals surface area contributed by atoms with Crippen molar-refractivity contribution in [1.29, 1.82) is 0 Å². The second-order valence-electron chi connectivity index (χ2n) is 5.67. The lowest BCUT2D eigenvalue weighted by Crippen LogP contribution is -2.51. The van der Waals surface area contributed by atoms with E-state index in [4.69, 9.17) is 9.84 Å². The number of amides is 1. The SMILES string of the molecule is CC1CCC(C(=O)O)N(C(=O)OC(C)(C)C)C1. The molecule has 1 heterocycles. The van der Waals surface area contributed by atoms with Gasteiger partial charge in [-0.05, 0) is 39.5 Å². The Morgan fingerprint density at radius 2 is 1.88 bits per heavy atom. The van der Waals surface area contributed by atoms with Gasteiger partial charge in [0.1, 0.15) is 11.6 Å². The van der Waals surface area contributed by atoms with Crippen LogP contribution >= 0.6 is 0 Å². The molecule has 1 saturated heterocycles. The number of hydrogen-bond donors (Lipinski definition) is 1. The summed E-state index contributed by atoms with van der Waals surface area (Å²) in [6, 6.07) is -0.749. The maximum Gasteiger partial charge on any atom is 0.411 e. The van der Waals surface area contributed by atoms with Crippen LogP contribution in [0.4, 0.5) is 4.79 Å². The molecule has 1 aliphatic rings. The van der Waals surface area contributed by atoms with Crippen LogP contribution in [0.1, 0.15) is 40.5 Å². The Labute approximate surface area is 102 Å². The molecule has 0 aliphatic carbocycles. The van der Waals surface area contributed by atoms with E-state index in [2.05, 4.69) is 0 Å². The van der Waals surface area contributed by atoms with Crippen molar-refractivity contribution in [2.45, 2.75) is 52.2 Å². The van der Waals surface area contributed by atoms with Crippen LogP contribution in [-0.4, -0.2) is 40.3 Å². The highest BCUT2D eigenvalue weighted by molar-refractivity contribution is 5.80. The second-order valence-corrected chi connectivity index (χ2v) is 5.67. The number of carboxylic acids is 1. The van der Waals surface area contributed by atoms with Gasteiger partial charge in [0.2, 0.25) is 0 Å². The minimum absolute atomic E-state index is 0.318. The first kappa shape index (κ1) is 13.8. The summed E-state index contributed by atoms with van der Waals surface area (Å²) in [5, 5.41) is 9.09. The molecule has 2 atom stereocenters. The number of carboxylic acid groups (broad SMARTS) is 1. The molecule has 1 rings (SSSR count). The molecule has 0 aromatic carbocycles. The van der Waals surface area contributed by atoms with Crippen LogP contribution in [0, 0.1) is 5.92 Å². The number of nitrogens with zero attached hydrogens (tertiary/aromatic N) is 1. The molecular weight excluding hydrogens is 222 g/mol. The Bertz CT molecular complexity index is 308. The van der Waals surface area contributed by atoms with Gasteiger partial charge in [-0.3, -0.25) is 4.90 Å². The van der Waals surface area contributed by atoms with Crippen LogP contribution in [0.3, 0.4) is 0 Å². The fourth-order valence-electron chi connectivity index (χ4n) is 1.93. The number of aliphatic carboxylic acids is 1. The van der Waals surface area contributed by atoms with Crippen molar-refractivity contribution in [3.63, 3.8) is 0 Å². The van der Waals surface area contributed by atoms with E-state index < -0.39 is 23.7 Å². The van der Waals surface area contributed by atoms with Crippen molar-refractivity contribution in [2.75, 3.05) is 6.54 Å². The maximum atomic E-state index is 11.9. The van der Waals surface area contributed by atoms with Gasteiger partial charge in [0.05, 0.1) is 0 Å². The summed E-state index contributed by atoms with van der Waals surface area (Å²) in [6.07, 6.45) is 0.794. The summed E-state index contributed by atoms with van der Waals surface area (Å²) in [6.45, 7) is 7.78. The average Bonchev–Trinajstić information content (AvgIpc) is 2.14. The van der Waals surface area contributed by atoms with E-state index in [-0.39, 0.29) is 0 Å². The standard InChI is InChI=1S/C12H21NO4/c1-8-5-6-9(10(14)15)13(7-8)11(16)17-12(2,3)4/h8-9H,5-7H2,1-4H3,(H,14,15). The van der Waals surface area contributed by atoms with Crippen molar-refractivity contribution in [3.05, 3.63) is 0 Å². The fourth-order valence-corrected chi connectivity index (χ4v) is 1.93. The van der Waals surface area contributed by atoms with Gasteiger partial charge in [-0.1, -0.05) is 6.92 Å². The molecular formula is C12H21NO4. The Morgan fingerprint density at radius 1 is 1.29 bits per heavy atom.